The molecule has 0 saturated carbocycles. The molecule has 0 atom stereocenters. The summed E-state index contributed by atoms with van der Waals surface area (Å²) in [5.41, 5.74) is 0.738. The molecule has 0 aliphatic rings. The minimum Gasteiger partial charge on any atom is -0.453 e. The Bertz CT molecular complexity index is 956. The molecule has 126 valence electrons. The summed E-state index contributed by atoms with van der Waals surface area (Å²) in [4.78, 5) is 15.6. The molecule has 0 radical (unpaired) electrons. The lowest BCUT2D eigenvalue weighted by molar-refractivity contribution is 0.195. The molecule has 3 aromatic heterocycles. The standard InChI is InChI=1S/C16H13N5O4/c22-16(18-5-6-21-10-17-9-19-21)24-15-8-14(25-20-15)13-7-11-3-1-2-4-12(11)23-13/h1-4,7-10H,5-6H2,(H,18,22). The second-order valence-electron chi connectivity index (χ2n) is 5.15. The first-order chi connectivity index (χ1) is 12.3. The average molecular weight is 339 g/mol. The van der Waals surface area contributed by atoms with E-state index in [9.17, 15) is 4.79 Å². The van der Waals surface area contributed by atoms with Crippen LogP contribution in [-0.4, -0.2) is 32.6 Å². The zero-order valence-corrected chi connectivity index (χ0v) is 13.0. The Morgan fingerprint density at radius 2 is 2.16 bits per heavy atom. The first-order valence-corrected chi connectivity index (χ1v) is 7.52. The second-order valence-corrected chi connectivity index (χ2v) is 5.15. The fourth-order valence-electron chi connectivity index (χ4n) is 2.28. The van der Waals surface area contributed by atoms with Gasteiger partial charge in [-0.1, -0.05) is 18.2 Å². The molecule has 1 aromatic carbocycles. The first-order valence-electron chi connectivity index (χ1n) is 7.52. The number of para-hydroxylation sites is 1. The highest BCUT2D eigenvalue weighted by atomic mass is 16.6. The zero-order chi connectivity index (χ0) is 17.1. The number of aromatic nitrogens is 4. The Kier molecular flexibility index (Phi) is 3.87. The van der Waals surface area contributed by atoms with Crippen LogP contribution in [0.25, 0.3) is 22.5 Å². The molecular formula is C16H13N5O4. The summed E-state index contributed by atoms with van der Waals surface area (Å²) in [5.74, 6) is 0.936. The summed E-state index contributed by atoms with van der Waals surface area (Å²) in [6, 6.07) is 10.9. The van der Waals surface area contributed by atoms with Crippen molar-refractivity contribution in [3.05, 3.63) is 49.1 Å². The molecule has 0 aliphatic heterocycles. The number of nitrogens with one attached hydrogen (secondary N) is 1. The van der Waals surface area contributed by atoms with Gasteiger partial charge < -0.3 is 19.0 Å². The van der Waals surface area contributed by atoms with Crippen molar-refractivity contribution in [2.75, 3.05) is 6.54 Å². The molecule has 9 heteroatoms. The summed E-state index contributed by atoms with van der Waals surface area (Å²) in [6.07, 6.45) is 2.35. The van der Waals surface area contributed by atoms with Crippen molar-refractivity contribution in [3.63, 3.8) is 0 Å². The van der Waals surface area contributed by atoms with Gasteiger partial charge in [0, 0.05) is 11.9 Å². The van der Waals surface area contributed by atoms with E-state index in [1.807, 2.05) is 30.3 Å². The fraction of sp³-hybridized carbons (Fsp3) is 0.125. The summed E-state index contributed by atoms with van der Waals surface area (Å²) in [7, 11) is 0. The Hall–Kier alpha value is -3.62. The third-order valence-corrected chi connectivity index (χ3v) is 3.43. The minimum atomic E-state index is -0.635. The first kappa shape index (κ1) is 14.9. The number of rotatable bonds is 5. The number of ether oxygens (including phenoxy) is 1. The maximum atomic E-state index is 11.7. The molecule has 25 heavy (non-hydrogen) atoms. The van der Waals surface area contributed by atoms with Gasteiger partial charge in [0.1, 0.15) is 18.2 Å². The summed E-state index contributed by atoms with van der Waals surface area (Å²) in [6.45, 7) is 0.828. The Balaban J connectivity index is 1.36. The van der Waals surface area contributed by atoms with E-state index in [0.717, 1.165) is 11.0 Å². The van der Waals surface area contributed by atoms with Gasteiger partial charge in [0.25, 0.3) is 5.88 Å². The third kappa shape index (κ3) is 3.34. The molecule has 0 unspecified atom stereocenters. The number of furan rings is 1. The van der Waals surface area contributed by atoms with E-state index >= 15 is 0 Å². The van der Waals surface area contributed by atoms with E-state index in [1.54, 1.807) is 11.0 Å². The number of amides is 1. The highest BCUT2D eigenvalue weighted by molar-refractivity contribution is 5.82. The van der Waals surface area contributed by atoms with Crippen LogP contribution in [0.3, 0.4) is 0 Å². The third-order valence-electron chi connectivity index (χ3n) is 3.43. The van der Waals surface area contributed by atoms with Gasteiger partial charge in [-0.15, -0.1) is 0 Å². The van der Waals surface area contributed by atoms with E-state index in [-0.39, 0.29) is 5.88 Å². The number of carbonyl (C=O) groups is 1. The van der Waals surface area contributed by atoms with Crippen molar-refractivity contribution in [2.24, 2.45) is 0 Å². The quantitative estimate of drug-likeness (QED) is 0.595. The number of hydrogen-bond donors (Lipinski definition) is 1. The molecule has 9 nitrogen and oxygen atoms in total. The average Bonchev–Trinajstić information content (AvgIpc) is 3.34. The fourth-order valence-corrected chi connectivity index (χ4v) is 2.28. The second kappa shape index (κ2) is 6.48. The molecular weight excluding hydrogens is 326 g/mol. The van der Waals surface area contributed by atoms with Gasteiger partial charge in [0.15, 0.2) is 5.76 Å². The monoisotopic (exact) mass is 339 g/mol. The Morgan fingerprint density at radius 3 is 3.00 bits per heavy atom. The summed E-state index contributed by atoms with van der Waals surface area (Å²) >= 11 is 0. The van der Waals surface area contributed by atoms with Gasteiger partial charge in [-0.05, 0) is 17.3 Å². The Labute approximate surface area is 141 Å². The van der Waals surface area contributed by atoms with Crippen LogP contribution in [0.5, 0.6) is 5.88 Å². The van der Waals surface area contributed by atoms with E-state index in [2.05, 4.69) is 20.6 Å². The normalized spacial score (nSPS) is 10.9. The van der Waals surface area contributed by atoms with Crippen LogP contribution in [0.15, 0.2) is 58.0 Å². The molecule has 0 saturated heterocycles. The molecule has 0 spiro atoms. The highest BCUT2D eigenvalue weighted by Crippen LogP contribution is 2.29. The maximum absolute atomic E-state index is 11.7. The topological polar surface area (TPSA) is 108 Å². The SMILES string of the molecule is O=C(NCCn1cncn1)Oc1cc(-c2cc3ccccc3o2)on1. The van der Waals surface area contributed by atoms with E-state index in [4.69, 9.17) is 13.7 Å². The predicted molar refractivity (Wildman–Crippen MR) is 85.8 cm³/mol. The smallest absolute Gasteiger partial charge is 0.414 e. The van der Waals surface area contributed by atoms with Crippen molar-refractivity contribution in [3.8, 4) is 17.4 Å². The van der Waals surface area contributed by atoms with E-state index in [1.165, 1.54) is 12.4 Å². The number of nitrogens with zero attached hydrogens (tertiary/aromatic N) is 4. The van der Waals surface area contributed by atoms with Crippen molar-refractivity contribution >= 4 is 17.1 Å². The van der Waals surface area contributed by atoms with Gasteiger partial charge in [-0.2, -0.15) is 5.10 Å². The molecule has 1 N–H and O–H groups in total. The van der Waals surface area contributed by atoms with Gasteiger partial charge in [-0.25, -0.2) is 9.78 Å². The molecule has 0 bridgehead atoms. The number of carbonyl (C=O) groups excluding carboxylic acids is 1. The van der Waals surface area contributed by atoms with Gasteiger partial charge in [0.2, 0.25) is 5.76 Å². The van der Waals surface area contributed by atoms with Crippen LogP contribution in [0.4, 0.5) is 4.79 Å². The van der Waals surface area contributed by atoms with Crippen LogP contribution in [0, 0.1) is 0 Å². The van der Waals surface area contributed by atoms with Gasteiger partial charge >= 0.3 is 6.09 Å². The van der Waals surface area contributed by atoms with Crippen LogP contribution in [0.1, 0.15) is 0 Å². The van der Waals surface area contributed by atoms with Crippen molar-refractivity contribution in [2.45, 2.75) is 6.54 Å². The predicted octanol–water partition coefficient (Wildman–Crippen LogP) is 2.47. The maximum Gasteiger partial charge on any atom is 0.414 e. The lowest BCUT2D eigenvalue weighted by Crippen LogP contribution is -2.30. The molecule has 4 rings (SSSR count). The molecule has 1 amide bonds. The lowest BCUT2D eigenvalue weighted by Gasteiger charge is -2.03. The number of hydrogen-bond acceptors (Lipinski definition) is 7. The van der Waals surface area contributed by atoms with Crippen LogP contribution < -0.4 is 10.1 Å². The summed E-state index contributed by atoms with van der Waals surface area (Å²) < 4.78 is 17.5. The van der Waals surface area contributed by atoms with Crippen molar-refractivity contribution in [1.29, 1.82) is 0 Å². The van der Waals surface area contributed by atoms with Crippen LogP contribution >= 0.6 is 0 Å². The van der Waals surface area contributed by atoms with Gasteiger partial charge in [-0.3, -0.25) is 4.68 Å². The molecule has 0 fully saturated rings. The largest absolute Gasteiger partial charge is 0.453 e. The zero-order valence-electron chi connectivity index (χ0n) is 13.0. The minimum absolute atomic E-state index is 0.0497. The van der Waals surface area contributed by atoms with E-state index < -0.39 is 6.09 Å². The molecule has 0 aliphatic carbocycles. The van der Waals surface area contributed by atoms with E-state index in [0.29, 0.717) is 24.6 Å². The molecule has 4 aromatic rings. The lowest BCUT2D eigenvalue weighted by atomic mass is 10.2. The van der Waals surface area contributed by atoms with Crippen LogP contribution in [0.2, 0.25) is 0 Å². The van der Waals surface area contributed by atoms with Crippen molar-refractivity contribution in [1.82, 2.24) is 25.2 Å². The number of benzene rings is 1. The Morgan fingerprint density at radius 1 is 1.24 bits per heavy atom. The van der Waals surface area contributed by atoms with Gasteiger partial charge in [0.05, 0.1) is 12.6 Å². The summed E-state index contributed by atoms with van der Waals surface area (Å²) in [5, 5.41) is 11.2. The van der Waals surface area contributed by atoms with Crippen LogP contribution in [-0.2, 0) is 6.54 Å². The number of fused-ring (bicyclic) bond motifs is 1. The highest BCUT2D eigenvalue weighted by Gasteiger charge is 2.14. The molecule has 3 heterocycles. The van der Waals surface area contributed by atoms with Crippen molar-refractivity contribution < 1.29 is 18.5 Å².